The maximum absolute atomic E-state index is 10.8. The van der Waals surface area contributed by atoms with Crippen LogP contribution in [0, 0.1) is 11.3 Å². The van der Waals surface area contributed by atoms with Crippen LogP contribution < -0.4 is 5.73 Å². The summed E-state index contributed by atoms with van der Waals surface area (Å²) < 4.78 is 0. The van der Waals surface area contributed by atoms with E-state index in [1.807, 2.05) is 20.8 Å². The van der Waals surface area contributed by atoms with Crippen molar-refractivity contribution in [3.8, 4) is 0 Å². The Morgan fingerprint density at radius 1 is 1.47 bits per heavy atom. The molecule has 0 aliphatic rings. The highest BCUT2D eigenvalue weighted by Gasteiger charge is 2.29. The van der Waals surface area contributed by atoms with Crippen molar-refractivity contribution in [2.24, 2.45) is 17.1 Å². The number of carboxylic acid groups (broad SMARTS) is 1. The molecule has 0 saturated carbocycles. The summed E-state index contributed by atoms with van der Waals surface area (Å²) in [6.45, 7) is 6.13. The van der Waals surface area contributed by atoms with E-state index in [1.54, 1.807) is 0 Å². The molecule has 0 heterocycles. The maximum Gasteiger partial charge on any atom is 0.320 e. The van der Waals surface area contributed by atoms with Gasteiger partial charge in [-0.05, 0) is 24.2 Å². The summed E-state index contributed by atoms with van der Waals surface area (Å²) >= 11 is 0. The van der Waals surface area contributed by atoms with E-state index >= 15 is 0 Å². The van der Waals surface area contributed by atoms with Gasteiger partial charge in [0.25, 0.3) is 0 Å². The number of hydrogen-bond donors (Lipinski definition) is 3. The van der Waals surface area contributed by atoms with Crippen LogP contribution in [0.25, 0.3) is 0 Å². The summed E-state index contributed by atoms with van der Waals surface area (Å²) in [7, 11) is 0. The number of aliphatic hydroxyl groups excluding tert-OH is 1. The lowest BCUT2D eigenvalue weighted by Gasteiger charge is -2.30. The van der Waals surface area contributed by atoms with Crippen LogP contribution in [0.2, 0.25) is 0 Å². The van der Waals surface area contributed by atoms with Crippen LogP contribution in [-0.2, 0) is 4.79 Å². The van der Waals surface area contributed by atoms with Crippen molar-refractivity contribution in [2.75, 3.05) is 6.61 Å². The summed E-state index contributed by atoms with van der Waals surface area (Å²) in [5.74, 6) is -0.967. The van der Waals surface area contributed by atoms with E-state index in [-0.39, 0.29) is 17.9 Å². The van der Waals surface area contributed by atoms with Crippen molar-refractivity contribution < 1.29 is 15.0 Å². The Morgan fingerprint density at radius 3 is 2.33 bits per heavy atom. The lowest BCUT2D eigenvalue weighted by atomic mass is 9.77. The fraction of sp³-hybridized carbons (Fsp3) is 0.909. The molecule has 0 aromatic carbocycles. The SMILES string of the molecule is CCC(CC(C)(C)CCO)C(N)C(=O)O. The van der Waals surface area contributed by atoms with Crippen molar-refractivity contribution in [1.82, 2.24) is 0 Å². The van der Waals surface area contributed by atoms with Gasteiger partial charge >= 0.3 is 5.97 Å². The third-order valence-corrected chi connectivity index (χ3v) is 2.92. The molecule has 0 aromatic heterocycles. The maximum atomic E-state index is 10.8. The van der Waals surface area contributed by atoms with E-state index in [4.69, 9.17) is 15.9 Å². The summed E-state index contributed by atoms with van der Waals surface area (Å²) in [4.78, 5) is 10.8. The topological polar surface area (TPSA) is 83.5 Å². The number of hydrogen-bond acceptors (Lipinski definition) is 3. The van der Waals surface area contributed by atoms with Crippen LogP contribution in [0.1, 0.15) is 40.0 Å². The molecule has 2 unspecified atom stereocenters. The minimum absolute atomic E-state index is 0.0240. The van der Waals surface area contributed by atoms with Crippen molar-refractivity contribution in [3.63, 3.8) is 0 Å². The van der Waals surface area contributed by atoms with Crippen LogP contribution in [0.5, 0.6) is 0 Å². The highest BCUT2D eigenvalue weighted by Crippen LogP contribution is 2.31. The number of nitrogens with two attached hydrogens (primary N) is 1. The lowest BCUT2D eigenvalue weighted by Crippen LogP contribution is -2.39. The van der Waals surface area contributed by atoms with Crippen LogP contribution in [-0.4, -0.2) is 28.8 Å². The zero-order valence-electron chi connectivity index (χ0n) is 9.86. The minimum atomic E-state index is -0.943. The smallest absolute Gasteiger partial charge is 0.320 e. The molecule has 4 N–H and O–H groups in total. The standard InChI is InChI=1S/C11H23NO3/c1-4-8(9(12)10(14)15)7-11(2,3)5-6-13/h8-9,13H,4-7,12H2,1-3H3,(H,14,15). The first-order chi connectivity index (χ1) is 6.84. The molecule has 0 fully saturated rings. The third-order valence-electron chi connectivity index (χ3n) is 2.92. The highest BCUT2D eigenvalue weighted by molar-refractivity contribution is 5.73. The third kappa shape index (κ3) is 5.14. The predicted octanol–water partition coefficient (Wildman–Crippen LogP) is 1.22. The fourth-order valence-corrected chi connectivity index (χ4v) is 1.84. The largest absolute Gasteiger partial charge is 0.480 e. The summed E-state index contributed by atoms with van der Waals surface area (Å²) in [5, 5.41) is 17.7. The van der Waals surface area contributed by atoms with Gasteiger partial charge in [-0.15, -0.1) is 0 Å². The van der Waals surface area contributed by atoms with Crippen molar-refractivity contribution in [1.29, 1.82) is 0 Å². The molecule has 0 saturated heterocycles. The average molecular weight is 217 g/mol. The minimum Gasteiger partial charge on any atom is -0.480 e. The van der Waals surface area contributed by atoms with Crippen molar-refractivity contribution in [2.45, 2.75) is 46.1 Å². The number of carboxylic acids is 1. The molecule has 0 radical (unpaired) electrons. The molecule has 0 aromatic rings. The van der Waals surface area contributed by atoms with Gasteiger partial charge in [-0.25, -0.2) is 0 Å². The van der Waals surface area contributed by atoms with E-state index in [0.29, 0.717) is 6.42 Å². The second kappa shape index (κ2) is 6.08. The van der Waals surface area contributed by atoms with Crippen LogP contribution >= 0.6 is 0 Å². The van der Waals surface area contributed by atoms with Crippen LogP contribution in [0.15, 0.2) is 0 Å². The lowest BCUT2D eigenvalue weighted by molar-refractivity contribution is -0.140. The Bertz CT molecular complexity index is 204. The Labute approximate surface area is 91.5 Å². The predicted molar refractivity (Wildman–Crippen MR) is 59.5 cm³/mol. The molecule has 0 bridgehead atoms. The average Bonchev–Trinajstić information content (AvgIpc) is 2.12. The molecule has 0 rings (SSSR count). The number of carbonyl (C=O) groups is 1. The first-order valence-electron chi connectivity index (χ1n) is 5.43. The van der Waals surface area contributed by atoms with Gasteiger partial charge in [0.05, 0.1) is 0 Å². The molecule has 0 spiro atoms. The van der Waals surface area contributed by atoms with Gasteiger partial charge in [0.1, 0.15) is 6.04 Å². The van der Waals surface area contributed by atoms with E-state index in [2.05, 4.69) is 0 Å². The van der Waals surface area contributed by atoms with Gasteiger partial charge < -0.3 is 15.9 Å². The number of aliphatic hydroxyl groups is 1. The molecule has 2 atom stereocenters. The van der Waals surface area contributed by atoms with E-state index in [1.165, 1.54) is 0 Å². The van der Waals surface area contributed by atoms with Crippen LogP contribution in [0.3, 0.4) is 0 Å². The Balaban J connectivity index is 4.38. The zero-order chi connectivity index (χ0) is 12.1. The van der Waals surface area contributed by atoms with Gasteiger partial charge in [0.15, 0.2) is 0 Å². The highest BCUT2D eigenvalue weighted by atomic mass is 16.4. The molecule has 4 nitrogen and oxygen atoms in total. The molecule has 90 valence electrons. The van der Waals surface area contributed by atoms with Gasteiger partial charge in [0.2, 0.25) is 0 Å². The summed E-state index contributed by atoms with van der Waals surface area (Å²) in [6.07, 6.45) is 2.16. The van der Waals surface area contributed by atoms with E-state index in [9.17, 15) is 4.79 Å². The van der Waals surface area contributed by atoms with E-state index in [0.717, 1.165) is 12.8 Å². The zero-order valence-corrected chi connectivity index (χ0v) is 9.86. The molecular weight excluding hydrogens is 194 g/mol. The molecule has 0 amide bonds. The summed E-state index contributed by atoms with van der Waals surface area (Å²) in [5.41, 5.74) is 5.56. The number of aliphatic carboxylic acids is 1. The quantitative estimate of drug-likeness (QED) is 0.598. The van der Waals surface area contributed by atoms with Crippen molar-refractivity contribution >= 4 is 5.97 Å². The van der Waals surface area contributed by atoms with Gasteiger partial charge in [-0.2, -0.15) is 0 Å². The fourth-order valence-electron chi connectivity index (χ4n) is 1.84. The second-order valence-electron chi connectivity index (χ2n) is 4.87. The van der Waals surface area contributed by atoms with Gasteiger partial charge in [-0.3, -0.25) is 4.79 Å². The monoisotopic (exact) mass is 217 g/mol. The molecule has 4 heteroatoms. The molecule has 0 aliphatic heterocycles. The normalized spacial score (nSPS) is 16.1. The molecular formula is C11H23NO3. The van der Waals surface area contributed by atoms with Crippen LogP contribution in [0.4, 0.5) is 0 Å². The first-order valence-corrected chi connectivity index (χ1v) is 5.43. The number of rotatable bonds is 7. The van der Waals surface area contributed by atoms with Crippen molar-refractivity contribution in [3.05, 3.63) is 0 Å². The first kappa shape index (κ1) is 14.4. The van der Waals surface area contributed by atoms with Gasteiger partial charge in [0, 0.05) is 6.61 Å². The van der Waals surface area contributed by atoms with E-state index < -0.39 is 12.0 Å². The second-order valence-corrected chi connectivity index (χ2v) is 4.87. The molecule has 0 aliphatic carbocycles. The summed E-state index contributed by atoms with van der Waals surface area (Å²) in [6, 6.07) is -0.798. The Morgan fingerprint density at radius 2 is 2.00 bits per heavy atom. The Hall–Kier alpha value is -0.610. The molecule has 15 heavy (non-hydrogen) atoms. The van der Waals surface area contributed by atoms with Gasteiger partial charge in [-0.1, -0.05) is 27.2 Å². The Kier molecular flexibility index (Phi) is 5.83.